The van der Waals surface area contributed by atoms with E-state index in [9.17, 15) is 0 Å². The van der Waals surface area contributed by atoms with Gasteiger partial charge in [0, 0.05) is 18.6 Å². The second-order valence-electron chi connectivity index (χ2n) is 5.58. The Morgan fingerprint density at radius 1 is 1.12 bits per heavy atom. The van der Waals surface area contributed by atoms with Crippen LogP contribution in [0.25, 0.3) is 0 Å². The van der Waals surface area contributed by atoms with Crippen LogP contribution in [0.2, 0.25) is 0 Å². The monoisotopic (exact) mass is 260 g/mol. The summed E-state index contributed by atoms with van der Waals surface area (Å²) < 4.78 is 0. The number of hydrogen-bond acceptors (Lipinski definition) is 3. The van der Waals surface area contributed by atoms with Crippen molar-refractivity contribution in [2.24, 2.45) is 11.7 Å². The molecule has 0 bridgehead atoms. The van der Waals surface area contributed by atoms with Gasteiger partial charge in [0.15, 0.2) is 0 Å². The highest BCUT2D eigenvalue weighted by atomic mass is 32.2. The van der Waals surface area contributed by atoms with E-state index in [-0.39, 0.29) is 0 Å². The van der Waals surface area contributed by atoms with Crippen LogP contribution in [0.3, 0.4) is 0 Å². The standard InChI is InChI=1S/C14H32N2S/c1-12(7-6-8-13(2)15)11-16(4)14(3)9-10-17-5/h12-14H,6-11,15H2,1-5H3. The van der Waals surface area contributed by atoms with E-state index >= 15 is 0 Å². The van der Waals surface area contributed by atoms with E-state index in [2.05, 4.69) is 39.0 Å². The van der Waals surface area contributed by atoms with Gasteiger partial charge in [0.2, 0.25) is 0 Å². The molecule has 0 aliphatic heterocycles. The van der Waals surface area contributed by atoms with Gasteiger partial charge in [-0.1, -0.05) is 13.3 Å². The maximum atomic E-state index is 5.77. The smallest absolute Gasteiger partial charge is 0.00718 e. The minimum atomic E-state index is 0.362. The molecule has 104 valence electrons. The van der Waals surface area contributed by atoms with E-state index in [1.807, 2.05) is 11.8 Å². The zero-order chi connectivity index (χ0) is 13.3. The zero-order valence-corrected chi connectivity index (χ0v) is 13.2. The second kappa shape index (κ2) is 10.2. The molecule has 0 saturated heterocycles. The second-order valence-corrected chi connectivity index (χ2v) is 6.57. The number of rotatable bonds is 10. The summed E-state index contributed by atoms with van der Waals surface area (Å²) in [6, 6.07) is 1.07. The third-order valence-electron chi connectivity index (χ3n) is 3.45. The molecule has 2 N–H and O–H groups in total. The van der Waals surface area contributed by atoms with Crippen LogP contribution in [-0.2, 0) is 0 Å². The topological polar surface area (TPSA) is 29.3 Å². The van der Waals surface area contributed by atoms with Gasteiger partial charge in [0.05, 0.1) is 0 Å². The average Bonchev–Trinajstić information content (AvgIpc) is 2.25. The first-order chi connectivity index (χ1) is 7.97. The molecule has 3 atom stereocenters. The molecule has 0 rings (SSSR count). The van der Waals surface area contributed by atoms with Gasteiger partial charge >= 0.3 is 0 Å². The molecule has 0 aliphatic rings. The van der Waals surface area contributed by atoms with Crippen molar-refractivity contribution in [3.05, 3.63) is 0 Å². The van der Waals surface area contributed by atoms with Crippen molar-refractivity contribution in [1.29, 1.82) is 0 Å². The quantitative estimate of drug-likeness (QED) is 0.654. The maximum absolute atomic E-state index is 5.77. The fraction of sp³-hybridized carbons (Fsp3) is 1.00. The third kappa shape index (κ3) is 9.93. The molecule has 0 aromatic heterocycles. The molecule has 0 aromatic rings. The largest absolute Gasteiger partial charge is 0.328 e. The molecule has 2 nitrogen and oxygen atoms in total. The third-order valence-corrected chi connectivity index (χ3v) is 4.09. The highest BCUT2D eigenvalue weighted by Gasteiger charge is 2.12. The van der Waals surface area contributed by atoms with E-state index in [1.165, 1.54) is 31.6 Å². The fourth-order valence-corrected chi connectivity index (χ4v) is 2.64. The molecule has 0 fully saturated rings. The minimum absolute atomic E-state index is 0.362. The van der Waals surface area contributed by atoms with Crippen molar-refractivity contribution in [3.63, 3.8) is 0 Å². The Morgan fingerprint density at radius 3 is 2.29 bits per heavy atom. The molecule has 3 unspecified atom stereocenters. The minimum Gasteiger partial charge on any atom is -0.328 e. The van der Waals surface area contributed by atoms with E-state index in [0.29, 0.717) is 12.1 Å². The lowest BCUT2D eigenvalue weighted by Gasteiger charge is -2.27. The molecule has 0 amide bonds. The van der Waals surface area contributed by atoms with Gasteiger partial charge in [-0.25, -0.2) is 0 Å². The van der Waals surface area contributed by atoms with E-state index in [4.69, 9.17) is 5.73 Å². The lowest BCUT2D eigenvalue weighted by Crippen LogP contribution is -2.33. The van der Waals surface area contributed by atoms with Crippen molar-refractivity contribution >= 4 is 11.8 Å². The summed E-state index contributed by atoms with van der Waals surface area (Å²) in [6.07, 6.45) is 7.22. The van der Waals surface area contributed by atoms with Crippen LogP contribution in [0.5, 0.6) is 0 Å². The van der Waals surface area contributed by atoms with Crippen LogP contribution in [0.4, 0.5) is 0 Å². The zero-order valence-electron chi connectivity index (χ0n) is 12.4. The van der Waals surface area contributed by atoms with Gasteiger partial charge in [-0.15, -0.1) is 0 Å². The molecule has 0 spiro atoms. The fourth-order valence-electron chi connectivity index (χ4n) is 2.06. The lowest BCUT2D eigenvalue weighted by atomic mass is 10.0. The normalized spacial score (nSPS) is 17.1. The molecular formula is C14H32N2S. The Hall–Kier alpha value is 0.270. The first kappa shape index (κ1) is 17.3. The lowest BCUT2D eigenvalue weighted by molar-refractivity contribution is 0.214. The van der Waals surface area contributed by atoms with Gasteiger partial charge in [-0.3, -0.25) is 0 Å². The molecular weight excluding hydrogens is 228 g/mol. The van der Waals surface area contributed by atoms with Crippen LogP contribution in [-0.4, -0.2) is 42.6 Å². The predicted molar refractivity (Wildman–Crippen MR) is 81.8 cm³/mol. The first-order valence-corrected chi connectivity index (χ1v) is 8.31. The van der Waals surface area contributed by atoms with Crippen molar-refractivity contribution in [2.75, 3.05) is 25.6 Å². The van der Waals surface area contributed by atoms with Crippen molar-refractivity contribution in [1.82, 2.24) is 4.90 Å². The van der Waals surface area contributed by atoms with Gasteiger partial charge in [0.25, 0.3) is 0 Å². The Bertz CT molecular complexity index is 174. The molecule has 3 heteroatoms. The van der Waals surface area contributed by atoms with Crippen LogP contribution >= 0.6 is 11.8 Å². The summed E-state index contributed by atoms with van der Waals surface area (Å²) in [6.45, 7) is 8.01. The Balaban J connectivity index is 3.67. The molecule has 0 aliphatic carbocycles. The first-order valence-electron chi connectivity index (χ1n) is 6.92. The van der Waals surface area contributed by atoms with Crippen molar-refractivity contribution < 1.29 is 0 Å². The van der Waals surface area contributed by atoms with Crippen molar-refractivity contribution in [2.45, 2.75) is 58.5 Å². The highest BCUT2D eigenvalue weighted by molar-refractivity contribution is 7.98. The van der Waals surface area contributed by atoms with E-state index < -0.39 is 0 Å². The summed E-state index contributed by atoms with van der Waals surface area (Å²) in [7, 11) is 2.26. The van der Waals surface area contributed by atoms with E-state index in [0.717, 1.165) is 12.3 Å². The molecule has 17 heavy (non-hydrogen) atoms. The summed E-state index contributed by atoms with van der Waals surface area (Å²) in [5, 5.41) is 0. The summed E-state index contributed by atoms with van der Waals surface area (Å²) in [5.41, 5.74) is 5.77. The van der Waals surface area contributed by atoms with Gasteiger partial charge < -0.3 is 10.6 Å². The summed E-state index contributed by atoms with van der Waals surface area (Å²) >= 11 is 1.94. The number of thioether (sulfide) groups is 1. The summed E-state index contributed by atoms with van der Waals surface area (Å²) in [5.74, 6) is 2.06. The molecule has 0 radical (unpaired) electrons. The maximum Gasteiger partial charge on any atom is 0.00718 e. The molecule has 0 saturated carbocycles. The number of nitrogens with two attached hydrogens (primary N) is 1. The molecule has 0 aromatic carbocycles. The van der Waals surface area contributed by atoms with Crippen LogP contribution in [0, 0.1) is 5.92 Å². The van der Waals surface area contributed by atoms with Crippen LogP contribution < -0.4 is 5.73 Å². The molecule has 0 heterocycles. The van der Waals surface area contributed by atoms with Crippen LogP contribution in [0.15, 0.2) is 0 Å². The van der Waals surface area contributed by atoms with E-state index in [1.54, 1.807) is 0 Å². The SMILES string of the molecule is CSCCC(C)N(C)CC(C)CCCC(C)N. The number of hydrogen-bond donors (Lipinski definition) is 1. The Labute approximate surface area is 113 Å². The average molecular weight is 260 g/mol. The Kier molecular flexibility index (Phi) is 10.4. The van der Waals surface area contributed by atoms with Crippen LogP contribution in [0.1, 0.15) is 46.5 Å². The Morgan fingerprint density at radius 2 is 1.76 bits per heavy atom. The van der Waals surface area contributed by atoms with Gasteiger partial charge in [-0.2, -0.15) is 11.8 Å². The van der Waals surface area contributed by atoms with Gasteiger partial charge in [-0.05, 0) is 58.1 Å². The summed E-state index contributed by atoms with van der Waals surface area (Å²) in [4.78, 5) is 2.51. The van der Waals surface area contributed by atoms with Gasteiger partial charge in [0.1, 0.15) is 0 Å². The highest BCUT2D eigenvalue weighted by Crippen LogP contribution is 2.13. The number of nitrogens with zero attached hydrogens (tertiary/aromatic N) is 1. The van der Waals surface area contributed by atoms with Crippen molar-refractivity contribution in [3.8, 4) is 0 Å². The predicted octanol–water partition coefficient (Wildman–Crippen LogP) is 3.21.